The number of hydrogen-bond donors (Lipinski definition) is 2. The van der Waals surface area contributed by atoms with Crippen LogP contribution in [-0.4, -0.2) is 57.6 Å². The van der Waals surface area contributed by atoms with Gasteiger partial charge in [0.1, 0.15) is 17.7 Å². The maximum Gasteiger partial charge on any atom is 0.191 e. The first-order valence-corrected chi connectivity index (χ1v) is 9.31. The van der Waals surface area contributed by atoms with Crippen molar-refractivity contribution in [3.63, 3.8) is 0 Å². The van der Waals surface area contributed by atoms with Crippen molar-refractivity contribution in [3.05, 3.63) is 30.1 Å². The second-order valence-corrected chi connectivity index (χ2v) is 6.24. The van der Waals surface area contributed by atoms with Crippen LogP contribution in [0, 0.1) is 5.82 Å². The van der Waals surface area contributed by atoms with Gasteiger partial charge in [0.25, 0.3) is 0 Å². The number of rotatable bonds is 10. The van der Waals surface area contributed by atoms with Gasteiger partial charge in [-0.3, -0.25) is 0 Å². The van der Waals surface area contributed by atoms with Crippen molar-refractivity contribution in [2.75, 3.05) is 39.5 Å². The lowest BCUT2D eigenvalue weighted by Crippen LogP contribution is -2.39. The zero-order valence-electron chi connectivity index (χ0n) is 16.1. The van der Waals surface area contributed by atoms with Crippen molar-refractivity contribution in [2.24, 2.45) is 4.99 Å². The fourth-order valence-electron chi connectivity index (χ4n) is 2.60. The predicted octanol–water partition coefficient (Wildman–Crippen LogP) is 2.96. The van der Waals surface area contributed by atoms with Crippen molar-refractivity contribution in [3.8, 4) is 5.75 Å². The Labute approximate surface area is 178 Å². The minimum absolute atomic E-state index is 0. The van der Waals surface area contributed by atoms with E-state index >= 15 is 0 Å². The lowest BCUT2D eigenvalue weighted by Gasteiger charge is -2.15. The largest absolute Gasteiger partial charge is 0.489 e. The average Bonchev–Trinajstić information content (AvgIpc) is 3.12. The van der Waals surface area contributed by atoms with Crippen molar-refractivity contribution in [1.29, 1.82) is 0 Å². The van der Waals surface area contributed by atoms with Crippen LogP contribution >= 0.6 is 24.0 Å². The zero-order valence-corrected chi connectivity index (χ0v) is 18.4. The summed E-state index contributed by atoms with van der Waals surface area (Å²) in [6.45, 7) is 7.90. The van der Waals surface area contributed by atoms with Crippen LogP contribution in [0.4, 0.5) is 4.39 Å². The molecule has 0 spiro atoms. The van der Waals surface area contributed by atoms with Crippen LogP contribution in [0.15, 0.2) is 29.3 Å². The molecule has 0 aromatic heterocycles. The molecule has 1 aliphatic rings. The van der Waals surface area contributed by atoms with Crippen molar-refractivity contribution >= 4 is 29.9 Å². The highest BCUT2D eigenvalue weighted by Crippen LogP contribution is 2.14. The maximum atomic E-state index is 13.2. The Morgan fingerprint density at radius 3 is 2.96 bits per heavy atom. The molecule has 154 valence electrons. The van der Waals surface area contributed by atoms with Crippen LogP contribution in [0.3, 0.4) is 0 Å². The van der Waals surface area contributed by atoms with Gasteiger partial charge in [0.2, 0.25) is 0 Å². The highest BCUT2D eigenvalue weighted by Gasteiger charge is 2.15. The third-order valence-electron chi connectivity index (χ3n) is 3.85. The fraction of sp³-hybridized carbons (Fsp3) is 0.632. The fourth-order valence-corrected chi connectivity index (χ4v) is 2.60. The van der Waals surface area contributed by atoms with E-state index in [9.17, 15) is 4.39 Å². The molecular weight excluding hydrogens is 464 g/mol. The van der Waals surface area contributed by atoms with Gasteiger partial charge in [-0.15, -0.1) is 24.0 Å². The smallest absolute Gasteiger partial charge is 0.191 e. The molecule has 1 aromatic carbocycles. The van der Waals surface area contributed by atoms with E-state index in [1.54, 1.807) is 12.1 Å². The van der Waals surface area contributed by atoms with Crippen molar-refractivity contribution < 1.29 is 18.6 Å². The summed E-state index contributed by atoms with van der Waals surface area (Å²) >= 11 is 0. The number of nitrogens with zero attached hydrogens (tertiary/aromatic N) is 1. The molecule has 2 atom stereocenters. The minimum Gasteiger partial charge on any atom is -0.489 e. The summed E-state index contributed by atoms with van der Waals surface area (Å²) in [6.07, 6.45) is 2.29. The predicted molar refractivity (Wildman–Crippen MR) is 116 cm³/mol. The van der Waals surface area contributed by atoms with Crippen LogP contribution in [0.1, 0.15) is 26.7 Å². The molecule has 2 N–H and O–H groups in total. The number of ether oxygens (including phenoxy) is 3. The number of guanidine groups is 1. The van der Waals surface area contributed by atoms with E-state index in [0.717, 1.165) is 26.0 Å². The van der Waals surface area contributed by atoms with Gasteiger partial charge in [0, 0.05) is 25.8 Å². The molecule has 0 radical (unpaired) electrons. The lowest BCUT2D eigenvalue weighted by atomic mass is 10.2. The van der Waals surface area contributed by atoms with E-state index in [0.29, 0.717) is 38.0 Å². The second-order valence-electron chi connectivity index (χ2n) is 6.24. The van der Waals surface area contributed by atoms with E-state index in [4.69, 9.17) is 14.2 Å². The molecule has 1 aromatic rings. The van der Waals surface area contributed by atoms with Gasteiger partial charge in [-0.25, -0.2) is 9.38 Å². The molecule has 0 saturated carbocycles. The van der Waals surface area contributed by atoms with Crippen molar-refractivity contribution in [1.82, 2.24) is 10.6 Å². The Kier molecular flexibility index (Phi) is 12.4. The lowest BCUT2D eigenvalue weighted by molar-refractivity contribution is 0.0191. The van der Waals surface area contributed by atoms with Crippen LogP contribution in [-0.2, 0) is 9.47 Å². The molecule has 0 aliphatic carbocycles. The van der Waals surface area contributed by atoms with Gasteiger partial charge in [-0.05, 0) is 38.8 Å². The number of aliphatic imine (C=N–C) groups is 1. The summed E-state index contributed by atoms with van der Waals surface area (Å²) in [5.41, 5.74) is 0. The Bertz CT molecular complexity index is 557. The number of halogens is 2. The van der Waals surface area contributed by atoms with E-state index < -0.39 is 0 Å². The quantitative estimate of drug-likeness (QED) is 0.226. The Balaban J connectivity index is 0.00000364. The van der Waals surface area contributed by atoms with E-state index in [1.807, 2.05) is 13.8 Å². The van der Waals surface area contributed by atoms with Gasteiger partial charge < -0.3 is 24.8 Å². The molecule has 2 rings (SSSR count). The molecular formula is C19H31FIN3O3. The van der Waals surface area contributed by atoms with Crippen LogP contribution < -0.4 is 15.4 Å². The summed E-state index contributed by atoms with van der Waals surface area (Å²) in [5, 5.41) is 6.42. The number of nitrogens with one attached hydrogen (secondary N) is 2. The van der Waals surface area contributed by atoms with Gasteiger partial charge in [-0.2, -0.15) is 0 Å². The number of benzene rings is 1. The number of hydrogen-bond acceptors (Lipinski definition) is 4. The third kappa shape index (κ3) is 10.1. The van der Waals surface area contributed by atoms with Crippen LogP contribution in [0.5, 0.6) is 5.75 Å². The minimum atomic E-state index is -0.309. The summed E-state index contributed by atoms with van der Waals surface area (Å²) in [7, 11) is 0. The highest BCUT2D eigenvalue weighted by molar-refractivity contribution is 14.0. The molecule has 0 amide bonds. The van der Waals surface area contributed by atoms with Gasteiger partial charge in [-0.1, -0.05) is 6.07 Å². The maximum absolute atomic E-state index is 13.2. The van der Waals surface area contributed by atoms with Crippen LogP contribution in [0.2, 0.25) is 0 Å². The monoisotopic (exact) mass is 495 g/mol. The summed E-state index contributed by atoms with van der Waals surface area (Å²) < 4.78 is 30.0. The van der Waals surface area contributed by atoms with E-state index in [2.05, 4.69) is 15.6 Å². The summed E-state index contributed by atoms with van der Waals surface area (Å²) in [4.78, 5) is 4.50. The van der Waals surface area contributed by atoms with Gasteiger partial charge >= 0.3 is 0 Å². The topological polar surface area (TPSA) is 64.1 Å². The van der Waals surface area contributed by atoms with Gasteiger partial charge in [0.15, 0.2) is 5.96 Å². The molecule has 8 heteroatoms. The Morgan fingerprint density at radius 2 is 2.26 bits per heavy atom. The van der Waals surface area contributed by atoms with Gasteiger partial charge in [0.05, 0.1) is 25.9 Å². The molecule has 1 saturated heterocycles. The molecule has 2 unspecified atom stereocenters. The van der Waals surface area contributed by atoms with Crippen molar-refractivity contribution in [2.45, 2.75) is 38.9 Å². The molecule has 1 fully saturated rings. The Morgan fingerprint density at radius 1 is 1.41 bits per heavy atom. The van der Waals surface area contributed by atoms with E-state index in [-0.39, 0.29) is 42.0 Å². The average molecular weight is 495 g/mol. The third-order valence-corrected chi connectivity index (χ3v) is 3.85. The molecule has 27 heavy (non-hydrogen) atoms. The summed E-state index contributed by atoms with van der Waals surface area (Å²) in [5.74, 6) is 0.910. The first-order chi connectivity index (χ1) is 12.7. The molecule has 1 aliphatic heterocycles. The zero-order chi connectivity index (χ0) is 18.6. The van der Waals surface area contributed by atoms with Crippen LogP contribution in [0.25, 0.3) is 0 Å². The SMILES string of the molecule is CCNC(=NCC(C)Oc1cccc(F)c1)NCCOCC1CCCO1.I. The molecule has 6 nitrogen and oxygen atoms in total. The molecule has 0 bridgehead atoms. The first-order valence-electron chi connectivity index (χ1n) is 9.31. The standard InChI is InChI=1S/C19H30FN3O3.HI/c1-3-21-19(22-9-11-24-14-18-8-5-10-25-18)23-13-15(2)26-17-7-4-6-16(20)12-17;/h4,6-7,12,15,18H,3,5,8-11,13-14H2,1-2H3,(H2,21,22,23);1H. The Hall–Kier alpha value is -1.13. The normalized spacial score (nSPS) is 17.9. The molecule has 1 heterocycles. The highest BCUT2D eigenvalue weighted by atomic mass is 127. The second kappa shape index (κ2) is 14.0. The van der Waals surface area contributed by atoms with E-state index in [1.165, 1.54) is 12.1 Å². The summed E-state index contributed by atoms with van der Waals surface area (Å²) in [6, 6.07) is 6.12. The first kappa shape index (κ1) is 23.9.